The molecule has 132 valence electrons. The van der Waals surface area contributed by atoms with E-state index in [0.717, 1.165) is 49.2 Å². The lowest BCUT2D eigenvalue weighted by atomic mass is 10.1. The van der Waals surface area contributed by atoms with Crippen LogP contribution in [0.15, 0.2) is 29.3 Å². The van der Waals surface area contributed by atoms with Crippen LogP contribution in [0.25, 0.3) is 0 Å². The first-order valence-corrected chi connectivity index (χ1v) is 9.17. The van der Waals surface area contributed by atoms with Crippen LogP contribution < -0.4 is 10.6 Å². The number of fused-ring (bicyclic) bond motifs is 1. The number of guanidine groups is 1. The second kappa shape index (κ2) is 8.70. The Bertz CT molecular complexity index is 566. The van der Waals surface area contributed by atoms with Crippen LogP contribution in [-0.2, 0) is 11.2 Å². The van der Waals surface area contributed by atoms with Crippen molar-refractivity contribution in [2.24, 2.45) is 4.99 Å². The molecule has 2 aliphatic heterocycles. The lowest BCUT2D eigenvalue weighted by molar-refractivity contribution is -0.0453. The number of nitrogens with one attached hydrogen (secondary N) is 2. The second-order valence-corrected chi connectivity index (χ2v) is 6.87. The zero-order valence-electron chi connectivity index (χ0n) is 14.3. The number of benzene rings is 1. The molecule has 1 aromatic rings. The lowest BCUT2D eigenvalue weighted by Crippen LogP contribution is -2.51. The van der Waals surface area contributed by atoms with Crippen LogP contribution in [0.3, 0.4) is 0 Å². The third kappa shape index (κ3) is 4.62. The van der Waals surface area contributed by atoms with Crippen molar-refractivity contribution in [1.29, 1.82) is 0 Å². The van der Waals surface area contributed by atoms with Crippen LogP contribution in [0.4, 0.5) is 0 Å². The zero-order chi connectivity index (χ0) is 16.8. The van der Waals surface area contributed by atoms with Gasteiger partial charge < -0.3 is 15.4 Å². The van der Waals surface area contributed by atoms with Gasteiger partial charge in [0.05, 0.1) is 12.7 Å². The van der Waals surface area contributed by atoms with Crippen molar-refractivity contribution in [2.45, 2.75) is 31.4 Å². The van der Waals surface area contributed by atoms with Gasteiger partial charge in [0.25, 0.3) is 0 Å². The molecule has 1 aromatic carbocycles. The molecule has 0 saturated carbocycles. The Balaban J connectivity index is 1.38. The summed E-state index contributed by atoms with van der Waals surface area (Å²) in [6.45, 7) is 4.69. The van der Waals surface area contributed by atoms with E-state index in [1.807, 2.05) is 18.2 Å². The fourth-order valence-corrected chi connectivity index (χ4v) is 3.69. The molecule has 2 aliphatic rings. The maximum atomic E-state index is 6.19. The molecule has 0 aliphatic carbocycles. The first-order valence-electron chi connectivity index (χ1n) is 8.80. The number of aliphatic imine (C=N–C) groups is 1. The van der Waals surface area contributed by atoms with Gasteiger partial charge in [-0.3, -0.25) is 9.89 Å². The third-order valence-corrected chi connectivity index (χ3v) is 5.20. The minimum atomic E-state index is 0.237. The number of halogens is 1. The van der Waals surface area contributed by atoms with Crippen molar-refractivity contribution >= 4 is 17.6 Å². The van der Waals surface area contributed by atoms with Gasteiger partial charge in [-0.25, -0.2) is 0 Å². The highest BCUT2D eigenvalue weighted by molar-refractivity contribution is 6.31. The van der Waals surface area contributed by atoms with Gasteiger partial charge in [-0.2, -0.15) is 0 Å². The number of rotatable bonds is 5. The van der Waals surface area contributed by atoms with E-state index in [0.29, 0.717) is 6.04 Å². The van der Waals surface area contributed by atoms with Gasteiger partial charge in [0.15, 0.2) is 5.96 Å². The molecule has 0 radical (unpaired) electrons. The average Bonchev–Trinajstić information content (AvgIpc) is 3.07. The Morgan fingerprint density at radius 1 is 1.38 bits per heavy atom. The molecular weight excluding hydrogens is 324 g/mol. The number of hydrogen-bond acceptors (Lipinski definition) is 3. The molecule has 24 heavy (non-hydrogen) atoms. The predicted molar refractivity (Wildman–Crippen MR) is 98.9 cm³/mol. The molecule has 2 unspecified atom stereocenters. The Morgan fingerprint density at radius 3 is 3.08 bits per heavy atom. The lowest BCUT2D eigenvalue weighted by Gasteiger charge is -2.35. The monoisotopic (exact) mass is 350 g/mol. The first-order chi connectivity index (χ1) is 11.8. The quantitative estimate of drug-likeness (QED) is 0.629. The van der Waals surface area contributed by atoms with E-state index >= 15 is 0 Å². The number of morpholine rings is 1. The van der Waals surface area contributed by atoms with Crippen LogP contribution in [0.1, 0.15) is 18.4 Å². The van der Waals surface area contributed by atoms with Crippen LogP contribution in [0.2, 0.25) is 5.02 Å². The Labute approximate surface area is 149 Å². The molecule has 2 fully saturated rings. The van der Waals surface area contributed by atoms with Crippen molar-refractivity contribution in [3.63, 3.8) is 0 Å². The molecule has 6 heteroatoms. The summed E-state index contributed by atoms with van der Waals surface area (Å²) in [6.07, 6.45) is 3.70. The zero-order valence-corrected chi connectivity index (χ0v) is 15.1. The number of nitrogens with zero attached hydrogens (tertiary/aromatic N) is 2. The Hall–Kier alpha value is -1.30. The summed E-state index contributed by atoms with van der Waals surface area (Å²) in [7, 11) is 1.79. The summed E-state index contributed by atoms with van der Waals surface area (Å²) in [6, 6.07) is 8.60. The number of hydrogen-bond donors (Lipinski definition) is 2. The maximum absolute atomic E-state index is 6.19. The highest BCUT2D eigenvalue weighted by Gasteiger charge is 2.32. The van der Waals surface area contributed by atoms with Gasteiger partial charge in [-0.1, -0.05) is 29.8 Å². The standard InChI is InChI=1S/C18H27ClN4O/c1-20-18(21-9-8-14-5-2-3-7-17(14)19)22-11-16-12-23-10-4-6-15(23)13-24-16/h2-3,5,7,15-16H,4,6,8-13H2,1H3,(H2,20,21,22). The van der Waals surface area contributed by atoms with Gasteiger partial charge in [0, 0.05) is 37.7 Å². The van der Waals surface area contributed by atoms with Crippen LogP contribution >= 0.6 is 11.6 Å². The summed E-state index contributed by atoms with van der Waals surface area (Å²) in [5, 5.41) is 7.53. The summed E-state index contributed by atoms with van der Waals surface area (Å²) >= 11 is 6.19. The van der Waals surface area contributed by atoms with E-state index in [9.17, 15) is 0 Å². The highest BCUT2D eigenvalue weighted by Crippen LogP contribution is 2.22. The third-order valence-electron chi connectivity index (χ3n) is 4.83. The molecule has 2 N–H and O–H groups in total. The van der Waals surface area contributed by atoms with E-state index in [-0.39, 0.29) is 6.10 Å². The molecule has 2 atom stereocenters. The van der Waals surface area contributed by atoms with Crippen LogP contribution in [-0.4, -0.2) is 62.8 Å². The summed E-state index contributed by atoms with van der Waals surface area (Å²) < 4.78 is 5.97. The molecule has 0 spiro atoms. The van der Waals surface area contributed by atoms with Crippen molar-refractivity contribution in [3.8, 4) is 0 Å². The summed E-state index contributed by atoms with van der Waals surface area (Å²) in [4.78, 5) is 6.84. The maximum Gasteiger partial charge on any atom is 0.191 e. The SMILES string of the molecule is CN=C(NCCc1ccccc1Cl)NCC1CN2CCCC2CO1. The summed E-state index contributed by atoms with van der Waals surface area (Å²) in [5.74, 6) is 0.814. The van der Waals surface area contributed by atoms with E-state index < -0.39 is 0 Å². The molecule has 0 amide bonds. The topological polar surface area (TPSA) is 48.9 Å². The first kappa shape index (κ1) is 17.5. The van der Waals surface area contributed by atoms with E-state index in [1.54, 1.807) is 7.05 Å². The molecule has 5 nitrogen and oxygen atoms in total. The smallest absolute Gasteiger partial charge is 0.191 e. The van der Waals surface area contributed by atoms with Crippen molar-refractivity contribution in [2.75, 3.05) is 39.8 Å². The van der Waals surface area contributed by atoms with E-state index in [1.165, 1.54) is 19.4 Å². The predicted octanol–water partition coefficient (Wildman–Crippen LogP) is 1.91. The van der Waals surface area contributed by atoms with Gasteiger partial charge in [0.2, 0.25) is 0 Å². The average molecular weight is 351 g/mol. The van der Waals surface area contributed by atoms with Crippen molar-refractivity contribution < 1.29 is 4.74 Å². The minimum Gasteiger partial charge on any atom is -0.373 e. The fourth-order valence-electron chi connectivity index (χ4n) is 3.46. The van der Waals surface area contributed by atoms with Gasteiger partial charge in [-0.05, 0) is 37.4 Å². The van der Waals surface area contributed by atoms with Crippen LogP contribution in [0.5, 0.6) is 0 Å². The minimum absolute atomic E-state index is 0.237. The Kier molecular flexibility index (Phi) is 6.35. The fraction of sp³-hybridized carbons (Fsp3) is 0.611. The molecule has 0 aromatic heterocycles. The van der Waals surface area contributed by atoms with Gasteiger partial charge in [-0.15, -0.1) is 0 Å². The van der Waals surface area contributed by atoms with Crippen LogP contribution in [0, 0.1) is 0 Å². The van der Waals surface area contributed by atoms with E-state index in [2.05, 4.69) is 26.6 Å². The normalized spacial score (nSPS) is 24.7. The Morgan fingerprint density at radius 2 is 2.25 bits per heavy atom. The van der Waals surface area contributed by atoms with Crippen molar-refractivity contribution in [3.05, 3.63) is 34.9 Å². The number of ether oxygens (including phenoxy) is 1. The molecular formula is C18H27ClN4O. The van der Waals surface area contributed by atoms with Gasteiger partial charge >= 0.3 is 0 Å². The molecule has 0 bridgehead atoms. The second-order valence-electron chi connectivity index (χ2n) is 6.47. The summed E-state index contributed by atoms with van der Waals surface area (Å²) in [5.41, 5.74) is 1.15. The largest absolute Gasteiger partial charge is 0.373 e. The van der Waals surface area contributed by atoms with Gasteiger partial charge in [0.1, 0.15) is 0 Å². The highest BCUT2D eigenvalue weighted by atomic mass is 35.5. The molecule has 2 saturated heterocycles. The molecule has 2 heterocycles. The van der Waals surface area contributed by atoms with E-state index in [4.69, 9.17) is 16.3 Å². The van der Waals surface area contributed by atoms with Crippen molar-refractivity contribution in [1.82, 2.24) is 15.5 Å². The molecule has 3 rings (SSSR count).